The summed E-state index contributed by atoms with van der Waals surface area (Å²) in [6.45, 7) is 3.88. The molecule has 0 aliphatic heterocycles. The molecule has 0 aliphatic carbocycles. The predicted molar refractivity (Wildman–Crippen MR) is 66.4 cm³/mol. The Morgan fingerprint density at radius 1 is 1.50 bits per heavy atom. The van der Waals surface area contributed by atoms with Crippen LogP contribution in [-0.2, 0) is 16.1 Å². The molecule has 18 heavy (non-hydrogen) atoms. The van der Waals surface area contributed by atoms with Crippen LogP contribution >= 0.6 is 11.6 Å². The Morgan fingerprint density at radius 3 is 2.72 bits per heavy atom. The lowest BCUT2D eigenvalue weighted by atomic mass is 10.3. The minimum absolute atomic E-state index is 0.189. The molecule has 1 rings (SSSR count). The summed E-state index contributed by atoms with van der Waals surface area (Å²) >= 11 is 6.06. The second kappa shape index (κ2) is 6.39. The number of unbranched alkanes of at least 4 members (excludes halogenated alkanes) is 1. The number of rotatable bonds is 6. The summed E-state index contributed by atoms with van der Waals surface area (Å²) in [5.41, 5.74) is 5.56. The Balaban J connectivity index is 2.84. The molecule has 0 aromatic carbocycles. The predicted octanol–water partition coefficient (Wildman–Crippen LogP) is 1.29. The number of hydrogen-bond acceptors (Lipinski definition) is 4. The Morgan fingerprint density at radius 2 is 2.17 bits per heavy atom. The summed E-state index contributed by atoms with van der Waals surface area (Å²) in [6.07, 6.45) is 1.91. The maximum Gasteiger partial charge on any atom is 0.343 e. The van der Waals surface area contributed by atoms with Gasteiger partial charge in [0, 0.05) is 6.54 Å². The van der Waals surface area contributed by atoms with Gasteiger partial charge in [0.05, 0.1) is 5.69 Å². The minimum Gasteiger partial charge on any atom is -0.452 e. The molecule has 6 nitrogen and oxygen atoms in total. The average Bonchev–Trinajstić information content (AvgIpc) is 2.59. The topological polar surface area (TPSA) is 87.2 Å². The number of carbonyl (C=O) groups excluding carboxylic acids is 2. The molecule has 0 atom stereocenters. The largest absolute Gasteiger partial charge is 0.452 e. The number of hydrogen-bond donors (Lipinski definition) is 1. The van der Waals surface area contributed by atoms with Gasteiger partial charge in [-0.05, 0) is 13.3 Å². The lowest BCUT2D eigenvalue weighted by molar-refractivity contribution is -0.121. The van der Waals surface area contributed by atoms with E-state index in [1.54, 1.807) is 11.6 Å². The maximum atomic E-state index is 11.7. The zero-order chi connectivity index (χ0) is 13.7. The van der Waals surface area contributed by atoms with Crippen molar-refractivity contribution >= 4 is 23.5 Å². The molecule has 1 heterocycles. The van der Waals surface area contributed by atoms with Crippen LogP contribution in [-0.4, -0.2) is 28.3 Å². The van der Waals surface area contributed by atoms with Crippen molar-refractivity contribution in [2.75, 3.05) is 6.61 Å². The van der Waals surface area contributed by atoms with Crippen LogP contribution < -0.4 is 5.73 Å². The third kappa shape index (κ3) is 3.46. The lowest BCUT2D eigenvalue weighted by Gasteiger charge is -2.03. The zero-order valence-electron chi connectivity index (χ0n) is 10.4. The first-order chi connectivity index (χ1) is 8.47. The Labute approximate surface area is 110 Å². The lowest BCUT2D eigenvalue weighted by Crippen LogP contribution is -2.21. The van der Waals surface area contributed by atoms with Gasteiger partial charge in [-0.1, -0.05) is 24.9 Å². The van der Waals surface area contributed by atoms with E-state index in [0.29, 0.717) is 12.2 Å². The third-order valence-electron chi connectivity index (χ3n) is 2.34. The first kappa shape index (κ1) is 14.5. The minimum atomic E-state index is -0.712. The zero-order valence-corrected chi connectivity index (χ0v) is 11.2. The molecule has 1 aromatic rings. The summed E-state index contributed by atoms with van der Waals surface area (Å²) < 4.78 is 6.27. The van der Waals surface area contributed by atoms with Crippen LogP contribution in [0.5, 0.6) is 0 Å². The third-order valence-corrected chi connectivity index (χ3v) is 2.72. The monoisotopic (exact) mass is 273 g/mol. The van der Waals surface area contributed by atoms with Crippen LogP contribution in [0.2, 0.25) is 5.15 Å². The van der Waals surface area contributed by atoms with Gasteiger partial charge in [-0.15, -0.1) is 0 Å². The summed E-state index contributed by atoms with van der Waals surface area (Å²) in [4.78, 5) is 22.3. The van der Waals surface area contributed by atoms with Crippen LogP contribution in [0.3, 0.4) is 0 Å². The molecule has 0 aliphatic rings. The summed E-state index contributed by atoms with van der Waals surface area (Å²) in [5.74, 6) is -1.39. The summed E-state index contributed by atoms with van der Waals surface area (Å²) in [5, 5.41) is 4.40. The van der Waals surface area contributed by atoms with Crippen molar-refractivity contribution in [3.05, 3.63) is 16.4 Å². The molecule has 0 spiro atoms. The van der Waals surface area contributed by atoms with Crippen LogP contribution in [0.15, 0.2) is 0 Å². The van der Waals surface area contributed by atoms with E-state index in [0.717, 1.165) is 12.8 Å². The van der Waals surface area contributed by atoms with Gasteiger partial charge in [-0.2, -0.15) is 5.10 Å². The van der Waals surface area contributed by atoms with Crippen molar-refractivity contribution in [2.24, 2.45) is 5.73 Å². The fourth-order valence-electron chi connectivity index (χ4n) is 1.45. The highest BCUT2D eigenvalue weighted by atomic mass is 35.5. The molecule has 1 amide bonds. The number of amides is 1. The normalized spacial score (nSPS) is 10.4. The fraction of sp³-hybridized carbons (Fsp3) is 0.545. The molecule has 2 N–H and O–H groups in total. The van der Waals surface area contributed by atoms with E-state index in [1.807, 2.05) is 6.92 Å². The summed E-state index contributed by atoms with van der Waals surface area (Å²) in [6, 6.07) is 0. The number of aryl methyl sites for hydroxylation is 2. The second-order valence-corrected chi connectivity index (χ2v) is 4.23. The highest BCUT2D eigenvalue weighted by Crippen LogP contribution is 2.21. The molecule has 0 saturated carbocycles. The number of primary amides is 1. The highest BCUT2D eigenvalue weighted by Gasteiger charge is 2.21. The molecule has 0 saturated heterocycles. The molecule has 7 heteroatoms. The number of carbonyl (C=O) groups is 2. The van der Waals surface area contributed by atoms with Gasteiger partial charge in [0.15, 0.2) is 6.61 Å². The first-order valence-corrected chi connectivity index (χ1v) is 6.03. The van der Waals surface area contributed by atoms with E-state index in [4.69, 9.17) is 22.1 Å². The Hall–Kier alpha value is -1.56. The molecule has 0 unspecified atom stereocenters. The van der Waals surface area contributed by atoms with E-state index < -0.39 is 18.5 Å². The molecule has 1 aromatic heterocycles. The number of halogens is 1. The van der Waals surface area contributed by atoms with Gasteiger partial charge >= 0.3 is 5.97 Å². The van der Waals surface area contributed by atoms with Crippen molar-refractivity contribution in [1.82, 2.24) is 9.78 Å². The fourth-order valence-corrected chi connectivity index (χ4v) is 1.79. The number of nitrogens with zero attached hydrogens (tertiary/aromatic N) is 2. The van der Waals surface area contributed by atoms with Crippen LogP contribution in [0.1, 0.15) is 35.8 Å². The molecule has 0 radical (unpaired) electrons. The van der Waals surface area contributed by atoms with E-state index >= 15 is 0 Å². The van der Waals surface area contributed by atoms with Crippen LogP contribution in [0, 0.1) is 6.92 Å². The van der Waals surface area contributed by atoms with Gasteiger partial charge < -0.3 is 10.5 Å². The standard InChI is InChI=1S/C11H16ClN3O3/c1-3-4-5-15-10(12)9(7(2)14-15)11(17)18-6-8(13)16/h3-6H2,1-2H3,(H2,13,16). The number of ether oxygens (including phenoxy) is 1. The van der Waals surface area contributed by atoms with Crippen molar-refractivity contribution in [3.8, 4) is 0 Å². The molecule has 0 fully saturated rings. The SMILES string of the molecule is CCCCn1nc(C)c(C(=O)OCC(N)=O)c1Cl. The molecule has 100 valence electrons. The molecular weight excluding hydrogens is 258 g/mol. The molecular formula is C11H16ClN3O3. The van der Waals surface area contributed by atoms with Crippen LogP contribution in [0.25, 0.3) is 0 Å². The van der Waals surface area contributed by atoms with E-state index in [1.165, 1.54) is 0 Å². The summed E-state index contributed by atoms with van der Waals surface area (Å²) in [7, 11) is 0. The number of esters is 1. The van der Waals surface area contributed by atoms with Crippen LogP contribution in [0.4, 0.5) is 0 Å². The molecule has 0 bridgehead atoms. The number of aromatic nitrogens is 2. The Bertz CT molecular complexity index is 457. The van der Waals surface area contributed by atoms with Crippen molar-refractivity contribution < 1.29 is 14.3 Å². The second-order valence-electron chi connectivity index (χ2n) is 3.87. The van der Waals surface area contributed by atoms with Crippen molar-refractivity contribution in [2.45, 2.75) is 33.2 Å². The van der Waals surface area contributed by atoms with Gasteiger partial charge in [-0.3, -0.25) is 9.48 Å². The quantitative estimate of drug-likeness (QED) is 0.791. The van der Waals surface area contributed by atoms with E-state index in [9.17, 15) is 9.59 Å². The first-order valence-electron chi connectivity index (χ1n) is 5.65. The Kier molecular flexibility index (Phi) is 5.15. The van der Waals surface area contributed by atoms with Gasteiger partial charge in [0.2, 0.25) is 0 Å². The number of nitrogens with two attached hydrogens (primary N) is 1. The smallest absolute Gasteiger partial charge is 0.343 e. The van der Waals surface area contributed by atoms with E-state index in [2.05, 4.69) is 5.10 Å². The van der Waals surface area contributed by atoms with Crippen molar-refractivity contribution in [3.63, 3.8) is 0 Å². The maximum absolute atomic E-state index is 11.7. The van der Waals surface area contributed by atoms with Gasteiger partial charge in [0.25, 0.3) is 5.91 Å². The highest BCUT2D eigenvalue weighted by molar-refractivity contribution is 6.32. The van der Waals surface area contributed by atoms with Gasteiger partial charge in [0.1, 0.15) is 10.7 Å². The van der Waals surface area contributed by atoms with Gasteiger partial charge in [-0.25, -0.2) is 4.79 Å². The average molecular weight is 274 g/mol. The van der Waals surface area contributed by atoms with E-state index in [-0.39, 0.29) is 10.7 Å². The van der Waals surface area contributed by atoms with Crippen molar-refractivity contribution in [1.29, 1.82) is 0 Å².